The Morgan fingerprint density at radius 1 is 0.944 bits per heavy atom. The normalized spacial score (nSPS) is 11.6. The topological polar surface area (TPSA) is 86.5 Å². The van der Waals surface area contributed by atoms with E-state index in [4.69, 9.17) is 14.0 Å². The molecule has 7 nitrogen and oxygen atoms in total. The summed E-state index contributed by atoms with van der Waals surface area (Å²) in [5, 5.41) is 7.10. The Labute approximate surface area is 209 Å². The van der Waals surface area contributed by atoms with Crippen LogP contribution in [0.25, 0.3) is 11.4 Å². The first-order valence-corrected chi connectivity index (χ1v) is 11.7. The summed E-state index contributed by atoms with van der Waals surface area (Å²) in [6.45, 7) is 0. The van der Waals surface area contributed by atoms with E-state index in [0.717, 1.165) is 22.6 Å². The first kappa shape index (κ1) is 24.9. The third-order valence-corrected chi connectivity index (χ3v) is 5.82. The number of rotatable bonds is 11. The van der Waals surface area contributed by atoms with Gasteiger partial charge >= 0.3 is 0 Å². The van der Waals surface area contributed by atoms with Gasteiger partial charge in [0.2, 0.25) is 17.6 Å². The molecule has 1 atom stereocenters. The number of nitrogens with zero attached hydrogens (tertiary/aromatic N) is 2. The molecule has 186 valence electrons. The van der Waals surface area contributed by atoms with Crippen molar-refractivity contribution in [3.63, 3.8) is 0 Å². The smallest absolute Gasteiger partial charge is 0.226 e. The minimum atomic E-state index is -0.326. The van der Waals surface area contributed by atoms with Crippen molar-refractivity contribution in [2.75, 3.05) is 14.2 Å². The molecule has 36 heavy (non-hydrogen) atoms. The molecule has 4 aromatic rings. The van der Waals surface area contributed by atoms with Gasteiger partial charge in [0.25, 0.3) is 0 Å². The summed E-state index contributed by atoms with van der Waals surface area (Å²) in [7, 11) is 3.25. The number of halogens is 1. The first-order valence-electron chi connectivity index (χ1n) is 11.7. The number of ether oxygens (including phenoxy) is 2. The Kier molecular flexibility index (Phi) is 8.28. The Bertz CT molecular complexity index is 1260. The van der Waals surface area contributed by atoms with Gasteiger partial charge in [-0.15, -0.1) is 0 Å². The van der Waals surface area contributed by atoms with E-state index in [2.05, 4.69) is 15.5 Å². The molecule has 3 aromatic carbocycles. The fourth-order valence-corrected chi connectivity index (χ4v) is 3.83. The Balaban J connectivity index is 1.36. The highest BCUT2D eigenvalue weighted by Gasteiger charge is 2.17. The predicted octanol–water partition coefficient (Wildman–Crippen LogP) is 5.32. The largest absolute Gasteiger partial charge is 0.497 e. The number of carbonyl (C=O) groups is 1. The number of amides is 1. The van der Waals surface area contributed by atoms with Crippen LogP contribution in [0.2, 0.25) is 0 Å². The van der Waals surface area contributed by atoms with E-state index in [1.165, 1.54) is 12.1 Å². The van der Waals surface area contributed by atoms with Gasteiger partial charge in [-0.05, 0) is 72.5 Å². The summed E-state index contributed by atoms with van der Waals surface area (Å²) in [6, 6.07) is 21.2. The molecule has 1 heterocycles. The van der Waals surface area contributed by atoms with Gasteiger partial charge in [0.15, 0.2) is 0 Å². The van der Waals surface area contributed by atoms with Crippen LogP contribution in [0.5, 0.6) is 11.5 Å². The molecule has 1 unspecified atom stereocenters. The fraction of sp³-hybridized carbons (Fsp3) is 0.250. The van der Waals surface area contributed by atoms with Gasteiger partial charge in [-0.25, -0.2) is 4.39 Å². The van der Waals surface area contributed by atoms with Crippen LogP contribution in [-0.2, 0) is 17.6 Å². The van der Waals surface area contributed by atoms with E-state index in [-0.39, 0.29) is 17.8 Å². The molecule has 1 amide bonds. The summed E-state index contributed by atoms with van der Waals surface area (Å²) in [4.78, 5) is 17.2. The zero-order valence-electron chi connectivity index (χ0n) is 20.2. The molecular weight excluding hydrogens is 461 g/mol. The summed E-state index contributed by atoms with van der Waals surface area (Å²) < 4.78 is 28.9. The van der Waals surface area contributed by atoms with E-state index in [9.17, 15) is 9.18 Å². The second-order valence-corrected chi connectivity index (χ2v) is 8.32. The fourth-order valence-electron chi connectivity index (χ4n) is 3.83. The number of nitrogens with one attached hydrogen (secondary N) is 1. The molecule has 0 spiro atoms. The second kappa shape index (κ2) is 12.0. The number of hydrogen-bond donors (Lipinski definition) is 1. The number of carbonyl (C=O) groups excluding carboxylic acids is 1. The SMILES string of the molecule is COc1ccc(CC(NC(=O)CCCc2nc(-c3ccc(F)cc3)no2)c2ccc(OC)cc2)cc1. The highest BCUT2D eigenvalue weighted by Crippen LogP contribution is 2.23. The number of aromatic nitrogens is 2. The quantitative estimate of drug-likeness (QED) is 0.307. The maximum atomic E-state index is 13.1. The van der Waals surface area contributed by atoms with E-state index < -0.39 is 0 Å². The van der Waals surface area contributed by atoms with E-state index in [0.29, 0.717) is 43.0 Å². The molecule has 0 saturated heterocycles. The van der Waals surface area contributed by atoms with Gasteiger partial charge in [-0.1, -0.05) is 29.4 Å². The molecule has 0 saturated carbocycles. The van der Waals surface area contributed by atoms with Gasteiger partial charge in [0, 0.05) is 18.4 Å². The van der Waals surface area contributed by atoms with E-state index >= 15 is 0 Å². The van der Waals surface area contributed by atoms with Crippen molar-refractivity contribution in [3.8, 4) is 22.9 Å². The lowest BCUT2D eigenvalue weighted by Crippen LogP contribution is -2.29. The molecule has 0 radical (unpaired) electrons. The van der Waals surface area contributed by atoms with Crippen LogP contribution in [0.1, 0.15) is 35.9 Å². The highest BCUT2D eigenvalue weighted by atomic mass is 19.1. The minimum Gasteiger partial charge on any atom is -0.497 e. The minimum absolute atomic E-state index is 0.0670. The summed E-state index contributed by atoms with van der Waals surface area (Å²) in [5.41, 5.74) is 2.74. The third-order valence-electron chi connectivity index (χ3n) is 5.82. The standard InChI is InChI=1S/C28H28FN3O4/c1-34-23-14-6-19(7-15-23)18-25(20-10-16-24(35-2)17-11-20)30-26(33)4-3-5-27-31-28(32-36-27)21-8-12-22(29)13-9-21/h6-17,25H,3-5,18H2,1-2H3,(H,30,33). The van der Waals surface area contributed by atoms with Crippen LogP contribution in [0, 0.1) is 5.82 Å². The summed E-state index contributed by atoms with van der Waals surface area (Å²) in [5.74, 6) is 1.98. The molecule has 0 aliphatic rings. The monoisotopic (exact) mass is 489 g/mol. The van der Waals surface area contributed by atoms with Crippen molar-refractivity contribution >= 4 is 5.91 Å². The summed E-state index contributed by atoms with van der Waals surface area (Å²) in [6.07, 6.45) is 1.96. The van der Waals surface area contributed by atoms with Crippen LogP contribution >= 0.6 is 0 Å². The highest BCUT2D eigenvalue weighted by molar-refractivity contribution is 5.76. The molecule has 4 rings (SSSR count). The maximum Gasteiger partial charge on any atom is 0.226 e. The molecule has 1 N–H and O–H groups in total. The summed E-state index contributed by atoms with van der Waals surface area (Å²) >= 11 is 0. The van der Waals surface area contributed by atoms with Crippen molar-refractivity contribution in [1.29, 1.82) is 0 Å². The molecule has 0 aliphatic heterocycles. The van der Waals surface area contributed by atoms with Crippen molar-refractivity contribution in [2.45, 2.75) is 31.7 Å². The van der Waals surface area contributed by atoms with Crippen LogP contribution in [0.3, 0.4) is 0 Å². The Hall–Kier alpha value is -4.20. The lowest BCUT2D eigenvalue weighted by atomic mass is 9.98. The van der Waals surface area contributed by atoms with Crippen LogP contribution in [0.4, 0.5) is 4.39 Å². The molecule has 0 aliphatic carbocycles. The lowest BCUT2D eigenvalue weighted by Gasteiger charge is -2.20. The number of methoxy groups -OCH3 is 2. The van der Waals surface area contributed by atoms with Gasteiger partial charge in [0.05, 0.1) is 20.3 Å². The number of aryl methyl sites for hydroxylation is 1. The predicted molar refractivity (Wildman–Crippen MR) is 133 cm³/mol. The zero-order valence-corrected chi connectivity index (χ0v) is 20.2. The number of hydrogen-bond acceptors (Lipinski definition) is 6. The average molecular weight is 490 g/mol. The molecular formula is C28H28FN3O4. The molecule has 0 fully saturated rings. The van der Waals surface area contributed by atoms with Gasteiger partial charge in [-0.3, -0.25) is 4.79 Å². The Morgan fingerprint density at radius 2 is 1.58 bits per heavy atom. The third kappa shape index (κ3) is 6.69. The average Bonchev–Trinajstić information content (AvgIpc) is 3.38. The number of benzene rings is 3. The van der Waals surface area contributed by atoms with Gasteiger partial charge in [-0.2, -0.15) is 4.98 Å². The van der Waals surface area contributed by atoms with Crippen molar-refractivity contribution in [3.05, 3.63) is 95.6 Å². The zero-order chi connectivity index (χ0) is 25.3. The first-order chi connectivity index (χ1) is 17.5. The van der Waals surface area contributed by atoms with Crippen LogP contribution in [0.15, 0.2) is 77.3 Å². The molecule has 0 bridgehead atoms. The van der Waals surface area contributed by atoms with Crippen LogP contribution in [-0.4, -0.2) is 30.3 Å². The molecule has 8 heteroatoms. The van der Waals surface area contributed by atoms with Gasteiger partial charge < -0.3 is 19.3 Å². The van der Waals surface area contributed by atoms with Crippen molar-refractivity contribution in [2.24, 2.45) is 0 Å². The lowest BCUT2D eigenvalue weighted by molar-refractivity contribution is -0.121. The van der Waals surface area contributed by atoms with Crippen LogP contribution < -0.4 is 14.8 Å². The van der Waals surface area contributed by atoms with E-state index in [1.807, 2.05) is 48.5 Å². The molecule has 1 aromatic heterocycles. The van der Waals surface area contributed by atoms with Crippen molar-refractivity contribution < 1.29 is 23.2 Å². The van der Waals surface area contributed by atoms with Gasteiger partial charge in [0.1, 0.15) is 17.3 Å². The second-order valence-electron chi connectivity index (χ2n) is 8.32. The maximum absolute atomic E-state index is 13.1. The Morgan fingerprint density at radius 3 is 2.22 bits per heavy atom. The van der Waals surface area contributed by atoms with Crippen molar-refractivity contribution in [1.82, 2.24) is 15.5 Å². The van der Waals surface area contributed by atoms with E-state index in [1.54, 1.807) is 26.4 Å².